The van der Waals surface area contributed by atoms with Crippen LogP contribution in [0.25, 0.3) is 10.9 Å². The molecule has 0 atom stereocenters. The number of fused-ring (bicyclic) bond motifs is 1. The van der Waals surface area contributed by atoms with Gasteiger partial charge < -0.3 is 10.3 Å². The van der Waals surface area contributed by atoms with Crippen molar-refractivity contribution >= 4 is 16.8 Å². The largest absolute Gasteiger partial charge is 0.361 e. The summed E-state index contributed by atoms with van der Waals surface area (Å²) in [5.41, 5.74) is 2.66. The molecule has 3 aromatic rings. The monoisotopic (exact) mass is 254 g/mol. The van der Waals surface area contributed by atoms with Crippen LogP contribution in [0.4, 0.5) is 0 Å². The van der Waals surface area contributed by atoms with Gasteiger partial charge in [0.2, 0.25) is 0 Å². The van der Waals surface area contributed by atoms with Gasteiger partial charge in [-0.05, 0) is 30.3 Å². The summed E-state index contributed by atoms with van der Waals surface area (Å²) in [5, 5.41) is 7.99. The number of rotatable bonds is 3. The van der Waals surface area contributed by atoms with Crippen LogP contribution in [0.5, 0.6) is 0 Å². The van der Waals surface area contributed by atoms with Crippen molar-refractivity contribution < 1.29 is 4.79 Å². The first-order chi connectivity index (χ1) is 9.24. The van der Waals surface area contributed by atoms with E-state index in [1.807, 2.05) is 43.6 Å². The average molecular weight is 254 g/mol. The Hall–Kier alpha value is -2.56. The maximum Gasteiger partial charge on any atom is 0.251 e. The van der Waals surface area contributed by atoms with E-state index in [2.05, 4.69) is 15.4 Å². The molecule has 2 N–H and O–H groups in total. The van der Waals surface area contributed by atoms with E-state index < -0.39 is 0 Å². The molecule has 0 aliphatic heterocycles. The molecule has 0 fully saturated rings. The Morgan fingerprint density at radius 3 is 3.05 bits per heavy atom. The van der Waals surface area contributed by atoms with E-state index in [1.165, 1.54) is 0 Å². The zero-order valence-corrected chi connectivity index (χ0v) is 10.6. The van der Waals surface area contributed by atoms with E-state index in [0.717, 1.165) is 16.6 Å². The second kappa shape index (κ2) is 4.61. The molecule has 0 aliphatic rings. The van der Waals surface area contributed by atoms with Crippen molar-refractivity contribution in [3.63, 3.8) is 0 Å². The number of benzene rings is 1. The molecule has 3 rings (SSSR count). The fourth-order valence-electron chi connectivity index (χ4n) is 2.04. The average Bonchev–Trinajstić information content (AvgIpc) is 3.03. The van der Waals surface area contributed by atoms with Crippen LogP contribution in [0.15, 0.2) is 42.7 Å². The molecule has 5 heteroatoms. The predicted octanol–water partition coefficient (Wildman–Crippen LogP) is 1.83. The third-order valence-corrected chi connectivity index (χ3v) is 3.17. The lowest BCUT2D eigenvalue weighted by atomic mass is 10.1. The third-order valence-electron chi connectivity index (χ3n) is 3.17. The molecule has 0 spiro atoms. The number of hydrogen-bond donors (Lipinski definition) is 2. The molecule has 5 nitrogen and oxygen atoms in total. The Kier molecular flexibility index (Phi) is 2.79. The smallest absolute Gasteiger partial charge is 0.251 e. The van der Waals surface area contributed by atoms with Gasteiger partial charge in [0, 0.05) is 35.9 Å². The number of hydrogen-bond acceptors (Lipinski definition) is 2. The SMILES string of the molecule is Cn1nccc1CNC(=O)c1ccc2[nH]ccc2c1. The van der Waals surface area contributed by atoms with Gasteiger partial charge in [-0.3, -0.25) is 9.48 Å². The molecule has 1 aromatic carbocycles. The molecule has 0 bridgehead atoms. The molecular formula is C14H14N4O. The van der Waals surface area contributed by atoms with Crippen LogP contribution in [0.1, 0.15) is 16.1 Å². The molecule has 96 valence electrons. The highest BCUT2D eigenvalue weighted by atomic mass is 16.1. The van der Waals surface area contributed by atoms with Crippen LogP contribution in [0.3, 0.4) is 0 Å². The van der Waals surface area contributed by atoms with Crippen molar-refractivity contribution in [3.8, 4) is 0 Å². The Morgan fingerprint density at radius 2 is 2.26 bits per heavy atom. The molecule has 0 saturated heterocycles. The fraction of sp³-hybridized carbons (Fsp3) is 0.143. The molecule has 0 unspecified atom stereocenters. The topological polar surface area (TPSA) is 62.7 Å². The fourth-order valence-corrected chi connectivity index (χ4v) is 2.04. The third kappa shape index (κ3) is 2.22. The Balaban J connectivity index is 1.74. The van der Waals surface area contributed by atoms with Gasteiger partial charge in [0.1, 0.15) is 0 Å². The molecule has 1 amide bonds. The second-order valence-corrected chi connectivity index (χ2v) is 4.41. The molecular weight excluding hydrogens is 240 g/mol. The number of carbonyl (C=O) groups excluding carboxylic acids is 1. The normalized spacial score (nSPS) is 10.8. The lowest BCUT2D eigenvalue weighted by Gasteiger charge is -2.05. The lowest BCUT2D eigenvalue weighted by molar-refractivity contribution is 0.0950. The first kappa shape index (κ1) is 11.5. The summed E-state index contributed by atoms with van der Waals surface area (Å²) in [7, 11) is 1.85. The van der Waals surface area contributed by atoms with Crippen molar-refractivity contribution in [1.82, 2.24) is 20.1 Å². The van der Waals surface area contributed by atoms with Crippen molar-refractivity contribution in [2.24, 2.45) is 7.05 Å². The van der Waals surface area contributed by atoms with Gasteiger partial charge in [0.15, 0.2) is 0 Å². The molecule has 0 saturated carbocycles. The number of aromatic nitrogens is 3. The number of nitrogens with zero attached hydrogens (tertiary/aromatic N) is 2. The minimum atomic E-state index is -0.0794. The van der Waals surface area contributed by atoms with E-state index in [0.29, 0.717) is 12.1 Å². The highest BCUT2D eigenvalue weighted by Gasteiger charge is 2.07. The Labute approximate surface area is 110 Å². The molecule has 0 aliphatic carbocycles. The molecule has 0 radical (unpaired) electrons. The van der Waals surface area contributed by atoms with E-state index in [4.69, 9.17) is 0 Å². The van der Waals surface area contributed by atoms with Crippen LogP contribution in [0, 0.1) is 0 Å². The van der Waals surface area contributed by atoms with Crippen LogP contribution >= 0.6 is 0 Å². The van der Waals surface area contributed by atoms with Gasteiger partial charge in [0.25, 0.3) is 5.91 Å². The van der Waals surface area contributed by atoms with E-state index in [9.17, 15) is 4.79 Å². The van der Waals surface area contributed by atoms with Crippen LogP contribution in [-0.4, -0.2) is 20.7 Å². The van der Waals surface area contributed by atoms with Gasteiger partial charge in [-0.1, -0.05) is 0 Å². The van der Waals surface area contributed by atoms with Crippen molar-refractivity contribution in [1.29, 1.82) is 0 Å². The maximum atomic E-state index is 12.1. The van der Waals surface area contributed by atoms with E-state index in [-0.39, 0.29) is 5.91 Å². The minimum absolute atomic E-state index is 0.0794. The first-order valence-corrected chi connectivity index (χ1v) is 6.06. The molecule has 2 heterocycles. The Morgan fingerprint density at radius 1 is 1.37 bits per heavy atom. The highest BCUT2D eigenvalue weighted by molar-refractivity contribution is 5.97. The summed E-state index contributed by atoms with van der Waals surface area (Å²) in [6, 6.07) is 9.44. The van der Waals surface area contributed by atoms with E-state index >= 15 is 0 Å². The quantitative estimate of drug-likeness (QED) is 0.749. The zero-order valence-electron chi connectivity index (χ0n) is 10.6. The number of aryl methyl sites for hydroxylation is 1. The summed E-state index contributed by atoms with van der Waals surface area (Å²) in [6.07, 6.45) is 3.58. The van der Waals surface area contributed by atoms with Crippen LogP contribution in [-0.2, 0) is 13.6 Å². The standard InChI is InChI=1S/C14H14N4O/c1-18-12(5-7-17-18)9-16-14(19)11-2-3-13-10(8-11)4-6-15-13/h2-8,15H,9H2,1H3,(H,16,19). The summed E-state index contributed by atoms with van der Waals surface area (Å²) in [4.78, 5) is 15.2. The second-order valence-electron chi connectivity index (χ2n) is 4.41. The number of nitrogens with one attached hydrogen (secondary N) is 2. The zero-order chi connectivity index (χ0) is 13.2. The van der Waals surface area contributed by atoms with Crippen molar-refractivity contribution in [2.75, 3.05) is 0 Å². The summed E-state index contributed by atoms with van der Waals surface area (Å²) in [6.45, 7) is 0.473. The van der Waals surface area contributed by atoms with E-state index in [1.54, 1.807) is 10.9 Å². The van der Waals surface area contributed by atoms with Crippen molar-refractivity contribution in [3.05, 3.63) is 54.0 Å². The Bertz CT molecular complexity index is 726. The van der Waals surface area contributed by atoms with Gasteiger partial charge in [0.05, 0.1) is 12.2 Å². The van der Waals surface area contributed by atoms with Crippen molar-refractivity contribution in [2.45, 2.75) is 6.54 Å². The summed E-state index contributed by atoms with van der Waals surface area (Å²) < 4.78 is 1.75. The maximum absolute atomic E-state index is 12.1. The lowest BCUT2D eigenvalue weighted by Crippen LogP contribution is -2.23. The number of aromatic amines is 1. The highest BCUT2D eigenvalue weighted by Crippen LogP contribution is 2.14. The van der Waals surface area contributed by atoms with Gasteiger partial charge >= 0.3 is 0 Å². The van der Waals surface area contributed by atoms with Crippen LogP contribution < -0.4 is 5.32 Å². The van der Waals surface area contributed by atoms with Gasteiger partial charge in [-0.15, -0.1) is 0 Å². The number of amides is 1. The van der Waals surface area contributed by atoms with Gasteiger partial charge in [-0.2, -0.15) is 5.10 Å². The first-order valence-electron chi connectivity index (χ1n) is 6.06. The molecule has 19 heavy (non-hydrogen) atoms. The van der Waals surface area contributed by atoms with Gasteiger partial charge in [-0.25, -0.2) is 0 Å². The number of carbonyl (C=O) groups is 1. The van der Waals surface area contributed by atoms with Crippen LogP contribution in [0.2, 0.25) is 0 Å². The molecule has 2 aromatic heterocycles. The summed E-state index contributed by atoms with van der Waals surface area (Å²) >= 11 is 0. The minimum Gasteiger partial charge on any atom is -0.361 e. The summed E-state index contributed by atoms with van der Waals surface area (Å²) in [5.74, 6) is -0.0794. The number of H-pyrrole nitrogens is 1. The predicted molar refractivity (Wildman–Crippen MR) is 72.7 cm³/mol.